The first-order valence-electron chi connectivity index (χ1n) is 17.2. The number of aliphatic hydroxyl groups is 1. The topological polar surface area (TPSA) is 113 Å². The quantitative estimate of drug-likeness (QED) is 0.241. The Kier molecular flexibility index (Phi) is 8.56. The maximum Gasteiger partial charge on any atom is 0.319 e. The van der Waals surface area contributed by atoms with Crippen molar-refractivity contribution in [3.05, 3.63) is 41.5 Å². The number of anilines is 1. The van der Waals surface area contributed by atoms with Gasteiger partial charge in [0.05, 0.1) is 33.5 Å². The van der Waals surface area contributed by atoms with Crippen molar-refractivity contribution in [1.82, 2.24) is 19.9 Å². The Hall–Kier alpha value is -3.87. The molecule has 2 N–H and O–H groups in total. The smallest absolute Gasteiger partial charge is 0.319 e. The number of fused-ring (bicyclic) bond motifs is 3. The molecule has 12 heteroatoms. The van der Waals surface area contributed by atoms with Crippen LogP contribution in [0.15, 0.2) is 24.3 Å². The van der Waals surface area contributed by atoms with Crippen LogP contribution in [0.5, 0.6) is 17.6 Å². The van der Waals surface area contributed by atoms with E-state index in [0.717, 1.165) is 38.6 Å². The zero-order valence-electron chi connectivity index (χ0n) is 28.9. The van der Waals surface area contributed by atoms with Gasteiger partial charge in [0.25, 0.3) is 0 Å². The van der Waals surface area contributed by atoms with E-state index in [4.69, 9.17) is 19.2 Å². The number of piperidine rings is 1. The van der Waals surface area contributed by atoms with Gasteiger partial charge in [-0.3, -0.25) is 0 Å². The van der Waals surface area contributed by atoms with E-state index in [0.29, 0.717) is 48.3 Å². The monoisotopic (exact) mass is 677 g/mol. The zero-order chi connectivity index (χ0) is 34.7. The van der Waals surface area contributed by atoms with Crippen molar-refractivity contribution in [2.75, 3.05) is 58.5 Å². The molecule has 10 nitrogen and oxygen atoms in total. The number of aromatic hydroxyl groups is 1. The molecule has 4 heterocycles. The van der Waals surface area contributed by atoms with Crippen LogP contribution in [-0.2, 0) is 11.2 Å². The molecule has 0 spiro atoms. The standard InChI is InChI=1S/C37H45F2N5O5/c1-6-24-26(38)10-9-22-17-23(45)18-25(27(22)24)30-29(39)31-28(33(40-30)47-5)32(44-15-16-48-20-35(2,46)19-44)42-34(41-31)49-21-37-12-7-11-36(37,3)43(4)14-8-13-37/h9-10,17-18,45-46H,6-8,11-16,19-21H2,1-5H3/t35-,36?,37+/m0/s1. The van der Waals surface area contributed by atoms with Gasteiger partial charge in [-0.2, -0.15) is 9.97 Å². The molecule has 3 fully saturated rings. The molecule has 49 heavy (non-hydrogen) atoms. The van der Waals surface area contributed by atoms with E-state index in [1.54, 1.807) is 13.0 Å². The van der Waals surface area contributed by atoms with E-state index >= 15 is 8.78 Å². The summed E-state index contributed by atoms with van der Waals surface area (Å²) >= 11 is 0. The van der Waals surface area contributed by atoms with Crippen LogP contribution < -0.4 is 14.4 Å². The molecule has 262 valence electrons. The predicted octanol–water partition coefficient (Wildman–Crippen LogP) is 6.02. The number of aryl methyl sites for hydroxylation is 1. The van der Waals surface area contributed by atoms with Gasteiger partial charge in [-0.1, -0.05) is 19.4 Å². The van der Waals surface area contributed by atoms with E-state index in [2.05, 4.69) is 28.8 Å². The summed E-state index contributed by atoms with van der Waals surface area (Å²) in [5, 5.41) is 23.0. The molecule has 0 amide bonds. The van der Waals surface area contributed by atoms with Crippen LogP contribution in [-0.4, -0.2) is 94.8 Å². The lowest BCUT2D eigenvalue weighted by Gasteiger charge is -2.53. The largest absolute Gasteiger partial charge is 0.508 e. The molecule has 0 bridgehead atoms. The number of phenolic OH excluding ortho intramolecular Hbond substituents is 1. The van der Waals surface area contributed by atoms with Crippen molar-refractivity contribution in [3.63, 3.8) is 0 Å². The Balaban J connectivity index is 1.44. The SMILES string of the molecule is CCc1c(F)ccc2cc(O)cc(-c3nc(OC)c4c(N5CCOC[C@@](C)(O)C5)nc(OC[C@@]56CCCN(C)C5(C)CCC6)nc4c3F)c12. The molecule has 7 rings (SSSR count). The van der Waals surface area contributed by atoms with Crippen molar-refractivity contribution in [1.29, 1.82) is 0 Å². The number of hydrogen-bond donors (Lipinski definition) is 2. The van der Waals surface area contributed by atoms with Gasteiger partial charge < -0.3 is 34.2 Å². The van der Waals surface area contributed by atoms with Gasteiger partial charge in [0.1, 0.15) is 39.6 Å². The number of methoxy groups -OCH3 is 1. The van der Waals surface area contributed by atoms with Crippen LogP contribution in [0.3, 0.4) is 0 Å². The van der Waals surface area contributed by atoms with Gasteiger partial charge >= 0.3 is 6.01 Å². The summed E-state index contributed by atoms with van der Waals surface area (Å²) in [6.45, 7) is 8.14. The molecule has 2 aromatic heterocycles. The first-order valence-corrected chi connectivity index (χ1v) is 17.2. The number of pyridine rings is 1. The molecule has 3 atom stereocenters. The third kappa shape index (κ3) is 5.61. The average Bonchev–Trinajstić information content (AvgIpc) is 3.32. The Morgan fingerprint density at radius 2 is 1.82 bits per heavy atom. The molecule has 1 aliphatic carbocycles. The lowest BCUT2D eigenvalue weighted by atomic mass is 9.67. The van der Waals surface area contributed by atoms with Crippen molar-refractivity contribution >= 4 is 27.5 Å². The van der Waals surface area contributed by atoms with Gasteiger partial charge in [0, 0.05) is 23.1 Å². The number of nitrogens with zero attached hydrogens (tertiary/aromatic N) is 5. The highest BCUT2D eigenvalue weighted by atomic mass is 19.1. The van der Waals surface area contributed by atoms with Crippen LogP contribution in [0.2, 0.25) is 0 Å². The second-order valence-electron chi connectivity index (χ2n) is 14.5. The van der Waals surface area contributed by atoms with Crippen molar-refractivity contribution in [3.8, 4) is 28.9 Å². The number of phenols is 1. The fourth-order valence-corrected chi connectivity index (χ4v) is 8.64. The third-order valence-electron chi connectivity index (χ3n) is 11.3. The zero-order valence-corrected chi connectivity index (χ0v) is 28.9. The Bertz CT molecular complexity index is 1920. The number of hydrogen-bond acceptors (Lipinski definition) is 10. The van der Waals surface area contributed by atoms with E-state index in [1.807, 2.05) is 11.8 Å². The van der Waals surface area contributed by atoms with Crippen LogP contribution in [0, 0.1) is 17.0 Å². The summed E-state index contributed by atoms with van der Waals surface area (Å²) in [4.78, 5) is 18.4. The van der Waals surface area contributed by atoms with E-state index in [-0.39, 0.29) is 63.9 Å². The van der Waals surface area contributed by atoms with E-state index < -0.39 is 17.2 Å². The van der Waals surface area contributed by atoms with Gasteiger partial charge in [0.15, 0.2) is 5.82 Å². The maximum absolute atomic E-state index is 17.2. The van der Waals surface area contributed by atoms with E-state index in [1.165, 1.54) is 25.3 Å². The normalized spacial score (nSPS) is 26.2. The summed E-state index contributed by atoms with van der Waals surface area (Å²) in [6, 6.07) is 5.81. The summed E-state index contributed by atoms with van der Waals surface area (Å²) < 4.78 is 50.3. The molecule has 3 aliphatic rings. The Labute approximate surface area is 285 Å². The summed E-state index contributed by atoms with van der Waals surface area (Å²) in [5.41, 5.74) is -1.02. The second kappa shape index (κ2) is 12.5. The highest BCUT2D eigenvalue weighted by Gasteiger charge is 2.56. The third-order valence-corrected chi connectivity index (χ3v) is 11.3. The van der Waals surface area contributed by atoms with Crippen LogP contribution in [0.4, 0.5) is 14.6 Å². The maximum atomic E-state index is 17.2. The van der Waals surface area contributed by atoms with Crippen LogP contribution >= 0.6 is 0 Å². The first kappa shape index (κ1) is 33.6. The number of benzene rings is 2. The summed E-state index contributed by atoms with van der Waals surface area (Å²) in [7, 11) is 3.60. The second-order valence-corrected chi connectivity index (χ2v) is 14.5. The number of ether oxygens (including phenoxy) is 3. The summed E-state index contributed by atoms with van der Waals surface area (Å²) in [5.74, 6) is -1.00. The molecule has 2 aliphatic heterocycles. The van der Waals surface area contributed by atoms with Gasteiger partial charge in [-0.25, -0.2) is 13.8 Å². The van der Waals surface area contributed by atoms with Crippen LogP contribution in [0.25, 0.3) is 32.9 Å². The first-order chi connectivity index (χ1) is 23.4. The highest BCUT2D eigenvalue weighted by molar-refractivity contribution is 6.03. The number of β-amino-alcohol motifs (C(OH)–C–C–N with tert-alkyl or cyclic N) is 1. The number of halogens is 2. The number of likely N-dealkylation sites (tertiary alicyclic amines) is 1. The molecular formula is C37H45F2N5O5. The lowest BCUT2D eigenvalue weighted by Crippen LogP contribution is -2.59. The minimum atomic E-state index is -1.22. The van der Waals surface area contributed by atoms with E-state index in [9.17, 15) is 10.2 Å². The van der Waals surface area contributed by atoms with Crippen molar-refractivity contribution in [2.24, 2.45) is 5.41 Å². The van der Waals surface area contributed by atoms with Crippen LogP contribution in [0.1, 0.15) is 58.4 Å². The van der Waals surface area contributed by atoms with Gasteiger partial charge in [-0.15, -0.1) is 0 Å². The average molecular weight is 678 g/mol. The fourth-order valence-electron chi connectivity index (χ4n) is 8.64. The van der Waals surface area contributed by atoms with Crippen molar-refractivity contribution < 1.29 is 33.2 Å². The molecule has 2 saturated heterocycles. The van der Waals surface area contributed by atoms with Crippen molar-refractivity contribution in [2.45, 2.75) is 70.4 Å². The molecule has 4 aromatic rings. The van der Waals surface area contributed by atoms with Gasteiger partial charge in [-0.05, 0) is 94.1 Å². The molecule has 0 radical (unpaired) electrons. The minimum absolute atomic E-state index is 0.00308. The molecule has 2 aromatic carbocycles. The predicted molar refractivity (Wildman–Crippen MR) is 183 cm³/mol. The molecular weight excluding hydrogens is 632 g/mol. The Morgan fingerprint density at radius 3 is 2.59 bits per heavy atom. The lowest BCUT2D eigenvalue weighted by molar-refractivity contribution is -0.0526. The number of rotatable bonds is 7. The van der Waals surface area contributed by atoms with Gasteiger partial charge in [0.2, 0.25) is 5.88 Å². The number of aromatic nitrogens is 3. The minimum Gasteiger partial charge on any atom is -0.508 e. The fraction of sp³-hybridized carbons (Fsp3) is 0.541. The highest BCUT2D eigenvalue weighted by Crippen LogP contribution is 2.55. The molecule has 1 unspecified atom stereocenters. The Morgan fingerprint density at radius 1 is 1.02 bits per heavy atom. The summed E-state index contributed by atoms with van der Waals surface area (Å²) in [6.07, 6.45) is 5.58. The molecule has 1 saturated carbocycles.